The lowest BCUT2D eigenvalue weighted by Crippen LogP contribution is -2.28. The molecule has 0 bridgehead atoms. The van der Waals surface area contributed by atoms with E-state index in [1.54, 1.807) is 19.1 Å². The van der Waals surface area contributed by atoms with E-state index in [4.69, 9.17) is 11.6 Å². The Morgan fingerprint density at radius 3 is 2.41 bits per heavy atom. The van der Waals surface area contributed by atoms with Crippen LogP contribution in [0.15, 0.2) is 65.3 Å². The molecular weight excluding hydrogens is 443 g/mol. The van der Waals surface area contributed by atoms with Gasteiger partial charge in [0, 0.05) is 17.2 Å². The standard InChI is InChI=1S/C18H16F3N5O.C4H7Cl/c1-4-7-12(9-22)13(6-3)15-24-14-16(26(15)8-5-2)23-11-25(17(14)27)10-18(19,20)21;1-3-4(2)5/h4-7,11H,2-3,8,10H2,1H3;3H,1-2H3/b7-4-,13-12-;4-3+. The molecule has 6 nitrogen and oxygen atoms in total. The van der Waals surface area contributed by atoms with Crippen molar-refractivity contribution < 1.29 is 13.2 Å². The highest BCUT2D eigenvalue weighted by molar-refractivity contribution is 6.29. The first-order chi connectivity index (χ1) is 15.0. The highest BCUT2D eigenvalue weighted by Gasteiger charge is 2.29. The molecule has 0 spiro atoms. The Morgan fingerprint density at radius 1 is 1.34 bits per heavy atom. The molecule has 0 radical (unpaired) electrons. The SMILES string of the molecule is C/C=C(\C)Cl.C=CCn1c(/C(C=C)=C(C#N)/C=C\C)nc2c(=O)n(CC(F)(F)F)cnc21. The van der Waals surface area contributed by atoms with Crippen LogP contribution in [0, 0.1) is 11.3 Å². The molecular formula is C22H23ClF3N5O. The van der Waals surface area contributed by atoms with Crippen LogP contribution < -0.4 is 5.56 Å². The molecule has 0 saturated carbocycles. The van der Waals surface area contributed by atoms with Crippen molar-refractivity contribution in [1.29, 1.82) is 5.26 Å². The molecule has 2 heterocycles. The number of allylic oxidation sites excluding steroid dienone is 8. The monoisotopic (exact) mass is 465 g/mol. The number of fused-ring (bicyclic) bond motifs is 1. The summed E-state index contributed by atoms with van der Waals surface area (Å²) in [7, 11) is 0. The van der Waals surface area contributed by atoms with E-state index in [2.05, 4.69) is 23.1 Å². The Kier molecular flexibility index (Phi) is 9.88. The van der Waals surface area contributed by atoms with Gasteiger partial charge in [0.1, 0.15) is 18.7 Å². The third-order valence-electron chi connectivity index (χ3n) is 3.97. The lowest BCUT2D eigenvalue weighted by Gasteiger charge is -2.09. The minimum absolute atomic E-state index is 0.102. The second-order valence-electron chi connectivity index (χ2n) is 6.32. The molecule has 10 heteroatoms. The average Bonchev–Trinajstić information content (AvgIpc) is 3.09. The molecule has 0 aliphatic heterocycles. The van der Waals surface area contributed by atoms with Gasteiger partial charge < -0.3 is 4.57 Å². The van der Waals surface area contributed by atoms with E-state index in [1.165, 1.54) is 16.7 Å². The Labute approximate surface area is 189 Å². The maximum absolute atomic E-state index is 12.7. The van der Waals surface area contributed by atoms with Crippen molar-refractivity contribution >= 4 is 28.3 Å². The van der Waals surface area contributed by atoms with Gasteiger partial charge in [0.15, 0.2) is 11.2 Å². The minimum atomic E-state index is -4.57. The number of hydrogen-bond donors (Lipinski definition) is 0. The van der Waals surface area contributed by atoms with Crippen molar-refractivity contribution in [3.63, 3.8) is 0 Å². The summed E-state index contributed by atoms with van der Waals surface area (Å²) in [4.78, 5) is 20.6. The fraction of sp³-hybridized carbons (Fsp3) is 0.273. The van der Waals surface area contributed by atoms with Gasteiger partial charge >= 0.3 is 6.18 Å². The smallest absolute Gasteiger partial charge is 0.305 e. The van der Waals surface area contributed by atoms with Crippen LogP contribution in [0.5, 0.6) is 0 Å². The molecule has 0 atom stereocenters. The van der Waals surface area contributed by atoms with Crippen LogP contribution in [0.2, 0.25) is 0 Å². The van der Waals surface area contributed by atoms with E-state index < -0.39 is 18.3 Å². The van der Waals surface area contributed by atoms with E-state index in [0.29, 0.717) is 10.1 Å². The number of aromatic nitrogens is 4. The van der Waals surface area contributed by atoms with Gasteiger partial charge in [-0.2, -0.15) is 18.4 Å². The molecule has 2 aromatic rings. The van der Waals surface area contributed by atoms with E-state index in [0.717, 1.165) is 11.4 Å². The molecule has 2 rings (SSSR count). The molecule has 0 aliphatic rings. The van der Waals surface area contributed by atoms with Crippen LogP contribution in [0.4, 0.5) is 13.2 Å². The van der Waals surface area contributed by atoms with Crippen LogP contribution in [0.3, 0.4) is 0 Å². The first-order valence-electron chi connectivity index (χ1n) is 9.36. The highest BCUT2D eigenvalue weighted by Crippen LogP contribution is 2.24. The summed E-state index contributed by atoms with van der Waals surface area (Å²) in [5.74, 6) is 0.198. The van der Waals surface area contributed by atoms with Crippen molar-refractivity contribution in [2.75, 3.05) is 0 Å². The fourth-order valence-electron chi connectivity index (χ4n) is 2.52. The third kappa shape index (κ3) is 6.82. The lowest BCUT2D eigenvalue weighted by atomic mass is 10.1. The van der Waals surface area contributed by atoms with Crippen molar-refractivity contribution in [1.82, 2.24) is 19.1 Å². The van der Waals surface area contributed by atoms with E-state index in [1.807, 2.05) is 26.0 Å². The van der Waals surface area contributed by atoms with Gasteiger partial charge in [-0.1, -0.05) is 42.5 Å². The number of hydrogen-bond acceptors (Lipinski definition) is 4. The zero-order valence-electron chi connectivity index (χ0n) is 17.9. The summed E-state index contributed by atoms with van der Waals surface area (Å²) in [6.45, 7) is 11.5. The Balaban J connectivity index is 0.000000920. The average molecular weight is 466 g/mol. The molecule has 0 aromatic carbocycles. The minimum Gasteiger partial charge on any atom is -0.305 e. The first kappa shape index (κ1) is 26.7. The number of nitrogens with zero attached hydrogens (tertiary/aromatic N) is 5. The zero-order valence-corrected chi connectivity index (χ0v) is 18.7. The highest BCUT2D eigenvalue weighted by atomic mass is 35.5. The normalized spacial score (nSPS) is 12.8. The Morgan fingerprint density at radius 2 is 1.97 bits per heavy atom. The number of imidazole rings is 1. The summed E-state index contributed by atoms with van der Waals surface area (Å²) in [5, 5.41) is 10.2. The number of halogens is 4. The quantitative estimate of drug-likeness (QED) is 0.319. The molecule has 170 valence electrons. The molecule has 0 N–H and O–H groups in total. The zero-order chi connectivity index (χ0) is 24.5. The summed E-state index contributed by atoms with van der Waals surface area (Å²) < 4.78 is 39.9. The number of rotatable bonds is 6. The van der Waals surface area contributed by atoms with Gasteiger partial charge in [-0.25, -0.2) is 9.97 Å². The second-order valence-corrected chi connectivity index (χ2v) is 6.91. The first-order valence-corrected chi connectivity index (χ1v) is 9.73. The van der Waals surface area contributed by atoms with Crippen molar-refractivity contribution in [2.45, 2.75) is 40.0 Å². The molecule has 32 heavy (non-hydrogen) atoms. The van der Waals surface area contributed by atoms with Gasteiger partial charge in [0.2, 0.25) is 0 Å². The van der Waals surface area contributed by atoms with Gasteiger partial charge in [-0.05, 0) is 26.8 Å². The third-order valence-corrected chi connectivity index (χ3v) is 4.19. The van der Waals surface area contributed by atoms with E-state index >= 15 is 0 Å². The summed E-state index contributed by atoms with van der Waals surface area (Å²) in [6.07, 6.45) is 4.22. The number of nitriles is 1. The summed E-state index contributed by atoms with van der Waals surface area (Å²) in [6, 6.07) is 2.01. The molecule has 0 fully saturated rings. The molecule has 0 saturated heterocycles. The van der Waals surface area contributed by atoms with Crippen molar-refractivity contribution in [2.24, 2.45) is 0 Å². The topological polar surface area (TPSA) is 76.5 Å². The Bertz CT molecular complexity index is 1170. The van der Waals surface area contributed by atoms with Crippen LogP contribution in [0.1, 0.15) is 26.6 Å². The van der Waals surface area contributed by atoms with Crippen LogP contribution in [0.25, 0.3) is 16.7 Å². The van der Waals surface area contributed by atoms with E-state index in [9.17, 15) is 23.2 Å². The van der Waals surface area contributed by atoms with Gasteiger partial charge in [-0.15, -0.1) is 6.58 Å². The van der Waals surface area contributed by atoms with Crippen molar-refractivity contribution in [3.05, 3.63) is 76.6 Å². The van der Waals surface area contributed by atoms with E-state index in [-0.39, 0.29) is 29.1 Å². The molecule has 2 aromatic heterocycles. The van der Waals surface area contributed by atoms with Crippen LogP contribution >= 0.6 is 11.6 Å². The molecule has 0 aliphatic carbocycles. The largest absolute Gasteiger partial charge is 0.406 e. The molecule has 0 unspecified atom stereocenters. The van der Waals surface area contributed by atoms with Crippen LogP contribution in [-0.4, -0.2) is 25.3 Å². The fourth-order valence-corrected chi connectivity index (χ4v) is 2.52. The molecule has 0 amide bonds. The summed E-state index contributed by atoms with van der Waals surface area (Å²) in [5.41, 5.74) is -0.476. The maximum atomic E-state index is 12.7. The number of alkyl halides is 3. The second kappa shape index (κ2) is 11.9. The van der Waals surface area contributed by atoms with Gasteiger partial charge in [-0.3, -0.25) is 9.36 Å². The Hall–Kier alpha value is -3.38. The maximum Gasteiger partial charge on any atom is 0.406 e. The van der Waals surface area contributed by atoms with Gasteiger partial charge in [0.05, 0.1) is 11.6 Å². The van der Waals surface area contributed by atoms with Gasteiger partial charge in [0.25, 0.3) is 5.56 Å². The van der Waals surface area contributed by atoms with Crippen LogP contribution in [-0.2, 0) is 13.1 Å². The predicted octanol–water partition coefficient (Wildman–Crippen LogP) is 5.53. The van der Waals surface area contributed by atoms with Crippen molar-refractivity contribution in [3.8, 4) is 6.07 Å². The lowest BCUT2D eigenvalue weighted by molar-refractivity contribution is -0.141. The predicted molar refractivity (Wildman–Crippen MR) is 121 cm³/mol. The summed E-state index contributed by atoms with van der Waals surface area (Å²) >= 11 is 5.32.